The lowest BCUT2D eigenvalue weighted by molar-refractivity contribution is -0.0420. The molecule has 0 aromatic heterocycles. The maximum Gasteiger partial charge on any atom is 0.179 e. The minimum Gasteiger partial charge on any atom is -0.456 e. The number of aliphatic hydroxyl groups is 2. The highest BCUT2D eigenvalue weighted by Crippen LogP contribution is 2.43. The van der Waals surface area contributed by atoms with Crippen LogP contribution in [0.25, 0.3) is 33.4 Å². The molecular formula is C26H28N2O3. The van der Waals surface area contributed by atoms with Crippen LogP contribution in [0.15, 0.2) is 57.9 Å². The van der Waals surface area contributed by atoms with Crippen molar-refractivity contribution in [1.82, 2.24) is 0 Å². The van der Waals surface area contributed by atoms with Gasteiger partial charge in [0.05, 0.1) is 5.36 Å². The van der Waals surface area contributed by atoms with Gasteiger partial charge in [0, 0.05) is 53.0 Å². The van der Waals surface area contributed by atoms with Gasteiger partial charge in [-0.05, 0) is 56.5 Å². The quantitative estimate of drug-likeness (QED) is 0.310. The molecule has 0 spiro atoms. The molecule has 0 radical (unpaired) electrons. The monoisotopic (exact) mass is 416 g/mol. The number of nitrogens with one attached hydrogen (secondary N) is 1. The number of benzene rings is 3. The van der Waals surface area contributed by atoms with Crippen molar-refractivity contribution in [2.24, 2.45) is 4.99 Å². The Hall–Kier alpha value is -3.15. The van der Waals surface area contributed by atoms with Gasteiger partial charge in [0.15, 0.2) is 6.29 Å². The van der Waals surface area contributed by atoms with Crippen LogP contribution in [0.3, 0.4) is 0 Å². The molecule has 0 saturated carbocycles. The summed E-state index contributed by atoms with van der Waals surface area (Å²) in [6.45, 7) is 9.67. The number of aliphatic hydroxyl groups excluding tert-OH is 1. The minimum absolute atomic E-state index is 0.463. The van der Waals surface area contributed by atoms with Crippen LogP contribution in [-0.4, -0.2) is 23.3 Å². The van der Waals surface area contributed by atoms with Gasteiger partial charge in [-0.15, -0.1) is 0 Å². The van der Waals surface area contributed by atoms with E-state index < -0.39 is 6.29 Å². The van der Waals surface area contributed by atoms with Gasteiger partial charge in [-0.1, -0.05) is 24.3 Å². The van der Waals surface area contributed by atoms with Crippen molar-refractivity contribution in [3.63, 3.8) is 0 Å². The van der Waals surface area contributed by atoms with E-state index in [0.717, 1.165) is 56.4 Å². The van der Waals surface area contributed by atoms with Crippen molar-refractivity contribution < 1.29 is 14.6 Å². The van der Waals surface area contributed by atoms with Gasteiger partial charge in [-0.25, -0.2) is 0 Å². The summed E-state index contributed by atoms with van der Waals surface area (Å²) in [6, 6.07) is 15.6. The third kappa shape index (κ3) is 3.82. The molecule has 5 heteroatoms. The van der Waals surface area contributed by atoms with E-state index in [1.165, 1.54) is 0 Å². The summed E-state index contributed by atoms with van der Waals surface area (Å²) in [5.41, 5.74) is 6.99. The molecule has 0 saturated heterocycles. The Kier molecular flexibility index (Phi) is 5.81. The molecule has 3 N–H and O–H groups in total. The van der Waals surface area contributed by atoms with Crippen molar-refractivity contribution >= 4 is 16.7 Å². The van der Waals surface area contributed by atoms with E-state index >= 15 is 0 Å². The van der Waals surface area contributed by atoms with Crippen molar-refractivity contribution in [3.8, 4) is 22.5 Å². The average molecular weight is 417 g/mol. The SMILES string of the molecule is CCN=c1cc2oc3cc(NCC)c(C)cc3c(-c3ccccc3C(O)O)c-2cc1C. The van der Waals surface area contributed by atoms with Crippen LogP contribution >= 0.6 is 0 Å². The van der Waals surface area contributed by atoms with Crippen molar-refractivity contribution in [2.45, 2.75) is 34.0 Å². The zero-order chi connectivity index (χ0) is 22.1. The zero-order valence-corrected chi connectivity index (χ0v) is 18.4. The van der Waals surface area contributed by atoms with Crippen LogP contribution < -0.4 is 10.7 Å². The molecule has 0 amide bonds. The third-order valence-corrected chi connectivity index (χ3v) is 5.59. The normalized spacial score (nSPS) is 12.3. The summed E-state index contributed by atoms with van der Waals surface area (Å²) in [7, 11) is 0. The second-order valence-electron chi connectivity index (χ2n) is 7.74. The minimum atomic E-state index is -1.57. The van der Waals surface area contributed by atoms with Crippen molar-refractivity contribution in [2.75, 3.05) is 18.4 Å². The lowest BCUT2D eigenvalue weighted by Gasteiger charge is -2.20. The Morgan fingerprint density at radius 3 is 2.45 bits per heavy atom. The number of hydrogen-bond acceptors (Lipinski definition) is 5. The largest absolute Gasteiger partial charge is 0.456 e. The lowest BCUT2D eigenvalue weighted by atomic mass is 9.89. The molecule has 2 aromatic rings. The van der Waals surface area contributed by atoms with E-state index in [0.29, 0.717) is 17.9 Å². The first kappa shape index (κ1) is 21.1. The fourth-order valence-electron chi connectivity index (χ4n) is 4.15. The van der Waals surface area contributed by atoms with Gasteiger partial charge in [0.2, 0.25) is 0 Å². The van der Waals surface area contributed by atoms with Crippen LogP contribution in [0, 0.1) is 13.8 Å². The first-order chi connectivity index (χ1) is 14.9. The van der Waals surface area contributed by atoms with Crippen LogP contribution in [0.2, 0.25) is 0 Å². The number of aryl methyl sites for hydroxylation is 2. The fraction of sp³-hybridized carbons (Fsp3) is 0.269. The molecule has 2 aliphatic rings. The summed E-state index contributed by atoms with van der Waals surface area (Å²) in [6.07, 6.45) is -1.57. The lowest BCUT2D eigenvalue weighted by Crippen LogP contribution is -2.09. The predicted octanol–water partition coefficient (Wildman–Crippen LogP) is 5.16. The van der Waals surface area contributed by atoms with Crippen molar-refractivity contribution in [1.29, 1.82) is 0 Å². The topological polar surface area (TPSA) is 78.0 Å². The van der Waals surface area contributed by atoms with E-state index in [1.54, 1.807) is 6.07 Å². The van der Waals surface area contributed by atoms with Crippen LogP contribution in [0.1, 0.15) is 36.8 Å². The molecule has 5 nitrogen and oxygen atoms in total. The Morgan fingerprint density at radius 2 is 1.74 bits per heavy atom. The number of fused-ring (bicyclic) bond motifs is 2. The second-order valence-corrected chi connectivity index (χ2v) is 7.74. The molecule has 31 heavy (non-hydrogen) atoms. The Balaban J connectivity index is 2.19. The fourth-order valence-corrected chi connectivity index (χ4v) is 4.15. The molecule has 0 unspecified atom stereocenters. The summed E-state index contributed by atoms with van der Waals surface area (Å²) in [4.78, 5) is 4.59. The number of anilines is 1. The highest BCUT2D eigenvalue weighted by Gasteiger charge is 2.22. The predicted molar refractivity (Wildman–Crippen MR) is 125 cm³/mol. The maximum absolute atomic E-state index is 10.1. The molecule has 1 heterocycles. The van der Waals surface area contributed by atoms with E-state index in [-0.39, 0.29) is 0 Å². The number of hydrogen-bond donors (Lipinski definition) is 3. The summed E-state index contributed by atoms with van der Waals surface area (Å²) < 4.78 is 6.37. The van der Waals surface area contributed by atoms with E-state index in [4.69, 9.17) is 4.42 Å². The summed E-state index contributed by atoms with van der Waals surface area (Å²) >= 11 is 0. The maximum atomic E-state index is 10.1. The molecule has 0 atom stereocenters. The molecule has 1 aliphatic carbocycles. The molecule has 160 valence electrons. The standard InChI is InChI=1S/C26H28N2O3/c1-5-27-21-13-23-19(11-15(21)3)25(17-9-7-8-10-18(17)26(29)30)20-12-16(4)22(28-6-2)14-24(20)31-23/h7-14,26-27,29-30H,5-6H2,1-4H3. The molecule has 1 aliphatic heterocycles. The number of rotatable bonds is 5. The van der Waals surface area contributed by atoms with E-state index in [2.05, 4.69) is 36.3 Å². The highest BCUT2D eigenvalue weighted by molar-refractivity contribution is 6.03. The molecule has 4 rings (SSSR count). The Bertz CT molecular complexity index is 1290. The molecular weight excluding hydrogens is 388 g/mol. The Morgan fingerprint density at radius 1 is 0.968 bits per heavy atom. The van der Waals surface area contributed by atoms with Crippen LogP contribution in [0.5, 0.6) is 0 Å². The second kappa shape index (κ2) is 8.53. The molecule has 0 bridgehead atoms. The first-order valence-corrected chi connectivity index (χ1v) is 10.7. The van der Waals surface area contributed by atoms with Crippen LogP contribution in [0.4, 0.5) is 5.69 Å². The zero-order valence-electron chi connectivity index (χ0n) is 18.4. The van der Waals surface area contributed by atoms with E-state index in [1.807, 2.05) is 44.2 Å². The van der Waals surface area contributed by atoms with Gasteiger partial charge in [-0.2, -0.15) is 0 Å². The van der Waals surface area contributed by atoms with Gasteiger partial charge < -0.3 is 19.9 Å². The summed E-state index contributed by atoms with van der Waals surface area (Å²) in [5, 5.41) is 25.3. The van der Waals surface area contributed by atoms with Crippen LogP contribution in [-0.2, 0) is 0 Å². The third-order valence-electron chi connectivity index (χ3n) is 5.59. The molecule has 2 aromatic carbocycles. The first-order valence-electron chi connectivity index (χ1n) is 10.7. The van der Waals surface area contributed by atoms with E-state index in [9.17, 15) is 10.2 Å². The van der Waals surface area contributed by atoms with Gasteiger partial charge >= 0.3 is 0 Å². The van der Waals surface area contributed by atoms with Gasteiger partial charge in [0.25, 0.3) is 0 Å². The summed E-state index contributed by atoms with van der Waals surface area (Å²) in [5.74, 6) is 0.717. The Labute approximate surface area is 182 Å². The average Bonchev–Trinajstić information content (AvgIpc) is 2.74. The highest BCUT2D eigenvalue weighted by atomic mass is 16.5. The molecule has 0 fully saturated rings. The smallest absolute Gasteiger partial charge is 0.179 e. The number of nitrogens with zero attached hydrogens (tertiary/aromatic N) is 1. The van der Waals surface area contributed by atoms with Crippen molar-refractivity contribution in [3.05, 3.63) is 70.6 Å². The van der Waals surface area contributed by atoms with Gasteiger partial charge in [0.1, 0.15) is 11.3 Å². The van der Waals surface area contributed by atoms with Gasteiger partial charge in [-0.3, -0.25) is 4.99 Å².